The van der Waals surface area contributed by atoms with E-state index in [1.54, 1.807) is 7.11 Å². The number of nitrogens with zero attached hydrogens (tertiary/aromatic N) is 2. The zero-order valence-electron chi connectivity index (χ0n) is 13.1. The number of ether oxygens (including phenoxy) is 1. The van der Waals surface area contributed by atoms with Gasteiger partial charge in [0.1, 0.15) is 5.75 Å². The first-order chi connectivity index (χ1) is 10.2. The van der Waals surface area contributed by atoms with Crippen LogP contribution < -0.4 is 10.1 Å². The van der Waals surface area contributed by atoms with Gasteiger partial charge in [-0.1, -0.05) is 43.5 Å². The molecule has 2 aromatic rings. The standard InChI is InChI=1S/C16H23N3OS/c1-5-17-13(16-15(11(2)3)18-19-21-16)10-12-8-6-7-9-14(12)20-4/h6-9,11,13,17H,5,10H2,1-4H3. The van der Waals surface area contributed by atoms with E-state index >= 15 is 0 Å². The van der Waals surface area contributed by atoms with E-state index in [4.69, 9.17) is 4.74 Å². The van der Waals surface area contributed by atoms with Crippen LogP contribution in [0, 0.1) is 0 Å². The Bertz CT molecular complexity index is 568. The Morgan fingerprint density at radius 3 is 2.71 bits per heavy atom. The summed E-state index contributed by atoms with van der Waals surface area (Å²) in [5.41, 5.74) is 2.30. The molecule has 1 aromatic heterocycles. The van der Waals surface area contributed by atoms with Gasteiger partial charge in [0.2, 0.25) is 0 Å². The van der Waals surface area contributed by atoms with Crippen LogP contribution in [0.3, 0.4) is 0 Å². The van der Waals surface area contributed by atoms with E-state index in [2.05, 4.69) is 47.8 Å². The topological polar surface area (TPSA) is 47.0 Å². The molecule has 0 aliphatic rings. The van der Waals surface area contributed by atoms with Crippen molar-refractivity contribution in [3.8, 4) is 5.75 Å². The SMILES string of the molecule is CCNC(Cc1ccccc1OC)c1snnc1C(C)C. The van der Waals surface area contributed by atoms with Gasteiger partial charge in [0, 0.05) is 6.04 Å². The van der Waals surface area contributed by atoms with Crippen LogP contribution in [0.2, 0.25) is 0 Å². The minimum absolute atomic E-state index is 0.226. The van der Waals surface area contributed by atoms with Crippen molar-refractivity contribution >= 4 is 11.5 Å². The molecule has 5 heteroatoms. The molecule has 0 amide bonds. The van der Waals surface area contributed by atoms with Crippen molar-refractivity contribution < 1.29 is 4.74 Å². The van der Waals surface area contributed by atoms with E-state index in [1.807, 2.05) is 12.1 Å². The first-order valence-electron chi connectivity index (χ1n) is 7.34. The van der Waals surface area contributed by atoms with Gasteiger partial charge in [0.15, 0.2) is 0 Å². The summed E-state index contributed by atoms with van der Waals surface area (Å²) in [6, 6.07) is 8.40. The lowest BCUT2D eigenvalue weighted by molar-refractivity contribution is 0.406. The van der Waals surface area contributed by atoms with Gasteiger partial charge in [-0.2, -0.15) is 0 Å². The molecule has 1 unspecified atom stereocenters. The number of nitrogens with one attached hydrogen (secondary N) is 1. The molecule has 4 nitrogen and oxygen atoms in total. The molecule has 0 aliphatic carbocycles. The molecule has 114 valence electrons. The van der Waals surface area contributed by atoms with Gasteiger partial charge >= 0.3 is 0 Å². The summed E-state index contributed by atoms with van der Waals surface area (Å²) < 4.78 is 9.61. The lowest BCUT2D eigenvalue weighted by Gasteiger charge is -2.19. The summed E-state index contributed by atoms with van der Waals surface area (Å²) in [5, 5.41) is 7.86. The van der Waals surface area contributed by atoms with Gasteiger partial charge in [-0.3, -0.25) is 0 Å². The smallest absolute Gasteiger partial charge is 0.122 e. The molecule has 0 saturated heterocycles. The molecule has 2 rings (SSSR count). The number of benzene rings is 1. The second-order valence-electron chi connectivity index (χ2n) is 5.30. The quantitative estimate of drug-likeness (QED) is 0.849. The van der Waals surface area contributed by atoms with E-state index in [0.717, 1.165) is 24.4 Å². The maximum atomic E-state index is 5.46. The van der Waals surface area contributed by atoms with Crippen molar-refractivity contribution in [3.05, 3.63) is 40.4 Å². The van der Waals surface area contributed by atoms with Crippen molar-refractivity contribution in [2.45, 2.75) is 39.2 Å². The largest absolute Gasteiger partial charge is 0.496 e. The third-order valence-corrected chi connectivity index (χ3v) is 4.32. The predicted molar refractivity (Wildman–Crippen MR) is 87.1 cm³/mol. The van der Waals surface area contributed by atoms with Gasteiger partial charge in [-0.25, -0.2) is 0 Å². The summed E-state index contributed by atoms with van der Waals surface area (Å²) in [5.74, 6) is 1.32. The van der Waals surface area contributed by atoms with Crippen molar-refractivity contribution in [1.82, 2.24) is 14.9 Å². The fourth-order valence-electron chi connectivity index (χ4n) is 2.44. The Hall–Kier alpha value is -1.46. The molecular formula is C16H23N3OS. The van der Waals surface area contributed by atoms with Crippen LogP contribution in [-0.2, 0) is 6.42 Å². The van der Waals surface area contributed by atoms with Crippen LogP contribution in [-0.4, -0.2) is 23.2 Å². The van der Waals surface area contributed by atoms with Crippen LogP contribution >= 0.6 is 11.5 Å². The summed E-state index contributed by atoms with van der Waals surface area (Å²) in [7, 11) is 1.72. The molecule has 0 bridgehead atoms. The van der Waals surface area contributed by atoms with Crippen molar-refractivity contribution in [3.63, 3.8) is 0 Å². The average Bonchev–Trinajstić information content (AvgIpc) is 2.97. The van der Waals surface area contributed by atoms with Gasteiger partial charge in [0.05, 0.1) is 17.7 Å². The van der Waals surface area contributed by atoms with Crippen LogP contribution in [0.25, 0.3) is 0 Å². The zero-order valence-corrected chi connectivity index (χ0v) is 13.9. The highest BCUT2D eigenvalue weighted by atomic mass is 32.1. The number of aromatic nitrogens is 2. The lowest BCUT2D eigenvalue weighted by atomic mass is 9.99. The molecule has 1 heterocycles. The van der Waals surface area contributed by atoms with Crippen LogP contribution in [0.5, 0.6) is 5.75 Å². The number of likely N-dealkylation sites (N-methyl/N-ethyl adjacent to an activating group) is 1. The summed E-state index contributed by atoms with van der Waals surface area (Å²) >= 11 is 1.49. The van der Waals surface area contributed by atoms with Crippen molar-refractivity contribution in [2.75, 3.05) is 13.7 Å². The molecule has 21 heavy (non-hydrogen) atoms. The minimum Gasteiger partial charge on any atom is -0.496 e. The Morgan fingerprint density at radius 1 is 1.29 bits per heavy atom. The monoisotopic (exact) mass is 305 g/mol. The fraction of sp³-hybridized carbons (Fsp3) is 0.500. The third kappa shape index (κ3) is 3.80. The van der Waals surface area contributed by atoms with E-state index in [1.165, 1.54) is 22.0 Å². The molecule has 1 N–H and O–H groups in total. The zero-order chi connectivity index (χ0) is 15.2. The molecule has 1 aromatic carbocycles. The van der Waals surface area contributed by atoms with Gasteiger partial charge in [0.25, 0.3) is 0 Å². The Balaban J connectivity index is 2.29. The van der Waals surface area contributed by atoms with Crippen molar-refractivity contribution in [1.29, 1.82) is 0 Å². The maximum Gasteiger partial charge on any atom is 0.122 e. The summed E-state index contributed by atoms with van der Waals surface area (Å²) in [6.45, 7) is 7.35. The Kier molecular flexibility index (Phi) is 5.70. The van der Waals surface area contributed by atoms with Crippen LogP contribution in [0.1, 0.15) is 48.9 Å². The first-order valence-corrected chi connectivity index (χ1v) is 8.12. The predicted octanol–water partition coefficient (Wildman–Crippen LogP) is 3.56. The molecule has 0 fully saturated rings. The van der Waals surface area contributed by atoms with Crippen molar-refractivity contribution in [2.24, 2.45) is 0 Å². The normalized spacial score (nSPS) is 12.6. The van der Waals surface area contributed by atoms with E-state index in [0.29, 0.717) is 5.92 Å². The molecule has 0 radical (unpaired) electrons. The third-order valence-electron chi connectivity index (χ3n) is 3.47. The van der Waals surface area contributed by atoms with E-state index < -0.39 is 0 Å². The molecule has 0 aliphatic heterocycles. The van der Waals surface area contributed by atoms with Gasteiger partial charge < -0.3 is 10.1 Å². The van der Waals surface area contributed by atoms with Gasteiger partial charge in [-0.05, 0) is 42.0 Å². The second kappa shape index (κ2) is 7.52. The highest BCUT2D eigenvalue weighted by molar-refractivity contribution is 7.05. The number of rotatable bonds is 7. The Labute approximate surface area is 130 Å². The highest BCUT2D eigenvalue weighted by Gasteiger charge is 2.21. The molecule has 0 spiro atoms. The lowest BCUT2D eigenvalue weighted by Crippen LogP contribution is -2.23. The number of hydrogen-bond acceptors (Lipinski definition) is 5. The molecule has 1 atom stereocenters. The molecule has 0 saturated carbocycles. The number of para-hydroxylation sites is 1. The van der Waals surface area contributed by atoms with Crippen LogP contribution in [0.15, 0.2) is 24.3 Å². The second-order valence-corrected chi connectivity index (χ2v) is 6.09. The minimum atomic E-state index is 0.226. The highest BCUT2D eigenvalue weighted by Crippen LogP contribution is 2.30. The average molecular weight is 305 g/mol. The summed E-state index contributed by atoms with van der Waals surface area (Å²) in [4.78, 5) is 1.23. The molecular weight excluding hydrogens is 282 g/mol. The van der Waals surface area contributed by atoms with E-state index in [-0.39, 0.29) is 6.04 Å². The first kappa shape index (κ1) is 15.9. The fourth-order valence-corrected chi connectivity index (χ4v) is 3.32. The number of methoxy groups -OCH3 is 1. The van der Waals surface area contributed by atoms with E-state index in [9.17, 15) is 0 Å². The van der Waals surface area contributed by atoms with Crippen LogP contribution in [0.4, 0.5) is 0 Å². The summed E-state index contributed by atoms with van der Waals surface area (Å²) in [6.07, 6.45) is 0.876. The number of hydrogen-bond donors (Lipinski definition) is 1. The maximum absolute atomic E-state index is 5.46. The Morgan fingerprint density at radius 2 is 2.05 bits per heavy atom. The van der Waals surface area contributed by atoms with Gasteiger partial charge in [-0.15, -0.1) is 5.10 Å².